The molecule has 0 atom stereocenters. The molecule has 0 aromatic carbocycles. The van der Waals surface area contributed by atoms with Gasteiger partial charge in [0.25, 0.3) is 0 Å². The van der Waals surface area contributed by atoms with Gasteiger partial charge >= 0.3 is 5.97 Å². The molecular formula is C8H5ClN2O2. The highest BCUT2D eigenvalue weighted by Crippen LogP contribution is 2.11. The van der Waals surface area contributed by atoms with Gasteiger partial charge < -0.3 is 5.11 Å². The number of aromatic carboxylic acids is 1. The molecule has 1 aromatic heterocycles. The number of hydrogen-bond donors (Lipinski definition) is 1. The lowest BCUT2D eigenvalue weighted by Crippen LogP contribution is -1.99. The van der Waals surface area contributed by atoms with Crippen LogP contribution in [0.1, 0.15) is 16.1 Å². The maximum atomic E-state index is 10.5. The molecule has 0 aliphatic rings. The van der Waals surface area contributed by atoms with Crippen LogP contribution in [0.5, 0.6) is 0 Å². The summed E-state index contributed by atoms with van der Waals surface area (Å²) in [4.78, 5) is 14.3. The van der Waals surface area contributed by atoms with E-state index in [4.69, 9.17) is 22.0 Å². The first-order valence-electron chi connectivity index (χ1n) is 3.40. The summed E-state index contributed by atoms with van der Waals surface area (Å²) in [7, 11) is 0. The molecule has 0 saturated heterocycles. The Labute approximate surface area is 79.4 Å². The third-order valence-corrected chi connectivity index (χ3v) is 1.55. The summed E-state index contributed by atoms with van der Waals surface area (Å²) < 4.78 is 0. The van der Waals surface area contributed by atoms with Crippen LogP contribution in [0.2, 0.25) is 5.15 Å². The van der Waals surface area contributed by atoms with Crippen molar-refractivity contribution in [2.24, 2.45) is 0 Å². The summed E-state index contributed by atoms with van der Waals surface area (Å²) in [5.74, 6) is -1.08. The van der Waals surface area contributed by atoms with E-state index in [1.165, 1.54) is 12.1 Å². The minimum absolute atomic E-state index is 0.0465. The monoisotopic (exact) mass is 196 g/mol. The highest BCUT2D eigenvalue weighted by Gasteiger charge is 2.06. The second-order valence-corrected chi connectivity index (χ2v) is 2.70. The molecule has 1 aromatic rings. The van der Waals surface area contributed by atoms with Gasteiger partial charge in [-0.05, 0) is 12.1 Å². The Kier molecular flexibility index (Phi) is 2.83. The summed E-state index contributed by atoms with van der Waals surface area (Å²) >= 11 is 5.55. The molecule has 0 saturated carbocycles. The van der Waals surface area contributed by atoms with Crippen molar-refractivity contribution < 1.29 is 9.90 Å². The molecule has 0 radical (unpaired) electrons. The smallest absolute Gasteiger partial charge is 0.335 e. The zero-order chi connectivity index (χ0) is 9.84. The van der Waals surface area contributed by atoms with Crippen LogP contribution in [-0.2, 0) is 6.42 Å². The fourth-order valence-electron chi connectivity index (χ4n) is 0.846. The number of aromatic nitrogens is 1. The Morgan fingerprint density at radius 2 is 2.38 bits per heavy atom. The van der Waals surface area contributed by atoms with E-state index in [2.05, 4.69) is 4.98 Å². The summed E-state index contributed by atoms with van der Waals surface area (Å²) in [5.41, 5.74) is 0.414. The Balaban J connectivity index is 3.12. The van der Waals surface area contributed by atoms with E-state index in [1.807, 2.05) is 6.07 Å². The Hall–Kier alpha value is -1.60. The van der Waals surface area contributed by atoms with Crippen molar-refractivity contribution in [1.29, 1.82) is 5.26 Å². The fraction of sp³-hybridized carbons (Fsp3) is 0.125. The number of carboxylic acids is 1. The van der Waals surface area contributed by atoms with E-state index in [0.29, 0.717) is 5.69 Å². The van der Waals surface area contributed by atoms with Crippen LogP contribution in [0, 0.1) is 11.3 Å². The van der Waals surface area contributed by atoms with Crippen LogP contribution < -0.4 is 0 Å². The van der Waals surface area contributed by atoms with Gasteiger partial charge in [-0.1, -0.05) is 11.6 Å². The maximum Gasteiger partial charge on any atom is 0.335 e. The molecule has 0 unspecified atom stereocenters. The minimum atomic E-state index is -1.08. The molecule has 0 aliphatic carbocycles. The number of nitrogens with zero attached hydrogens (tertiary/aromatic N) is 2. The zero-order valence-electron chi connectivity index (χ0n) is 6.49. The first-order valence-corrected chi connectivity index (χ1v) is 3.78. The van der Waals surface area contributed by atoms with Crippen LogP contribution in [0.15, 0.2) is 12.1 Å². The van der Waals surface area contributed by atoms with Gasteiger partial charge in [-0.15, -0.1) is 0 Å². The highest BCUT2D eigenvalue weighted by atomic mass is 35.5. The summed E-state index contributed by atoms with van der Waals surface area (Å²) in [6.45, 7) is 0. The number of carboxylic acid groups (broad SMARTS) is 1. The molecule has 1 rings (SSSR count). The number of carbonyl (C=O) groups is 1. The van der Waals surface area contributed by atoms with Gasteiger partial charge in [0.15, 0.2) is 0 Å². The van der Waals surface area contributed by atoms with Gasteiger partial charge in [0, 0.05) is 0 Å². The Morgan fingerprint density at radius 1 is 1.69 bits per heavy atom. The molecule has 0 amide bonds. The van der Waals surface area contributed by atoms with Crippen LogP contribution >= 0.6 is 11.6 Å². The molecule has 0 bridgehead atoms. The predicted molar refractivity (Wildman–Crippen MR) is 45.5 cm³/mol. The quantitative estimate of drug-likeness (QED) is 0.728. The van der Waals surface area contributed by atoms with Crippen LogP contribution in [0.25, 0.3) is 0 Å². The zero-order valence-corrected chi connectivity index (χ0v) is 7.25. The molecule has 1 N–H and O–H groups in total. The normalized spacial score (nSPS) is 9.23. The molecule has 4 nitrogen and oxygen atoms in total. The number of halogens is 1. The van der Waals surface area contributed by atoms with Gasteiger partial charge in [-0.25, -0.2) is 9.78 Å². The highest BCUT2D eigenvalue weighted by molar-refractivity contribution is 6.29. The average molecular weight is 197 g/mol. The van der Waals surface area contributed by atoms with E-state index in [0.717, 1.165) is 0 Å². The Morgan fingerprint density at radius 3 is 2.92 bits per heavy atom. The van der Waals surface area contributed by atoms with E-state index >= 15 is 0 Å². The van der Waals surface area contributed by atoms with Crippen molar-refractivity contribution in [3.05, 3.63) is 28.5 Å². The van der Waals surface area contributed by atoms with Crippen LogP contribution in [0.4, 0.5) is 0 Å². The lowest BCUT2D eigenvalue weighted by Gasteiger charge is -1.98. The lowest BCUT2D eigenvalue weighted by atomic mass is 10.2. The summed E-state index contributed by atoms with van der Waals surface area (Å²) in [6, 6.07) is 4.43. The molecule has 5 heteroatoms. The second kappa shape index (κ2) is 3.87. The van der Waals surface area contributed by atoms with E-state index in [1.54, 1.807) is 0 Å². The molecule has 66 valence electrons. The van der Waals surface area contributed by atoms with Crippen molar-refractivity contribution in [3.63, 3.8) is 0 Å². The van der Waals surface area contributed by atoms with Gasteiger partial charge in [0.05, 0.1) is 23.7 Å². The van der Waals surface area contributed by atoms with E-state index in [9.17, 15) is 4.79 Å². The van der Waals surface area contributed by atoms with Crippen LogP contribution in [-0.4, -0.2) is 16.1 Å². The minimum Gasteiger partial charge on any atom is -0.478 e. The van der Waals surface area contributed by atoms with Crippen LogP contribution in [0.3, 0.4) is 0 Å². The van der Waals surface area contributed by atoms with Crippen molar-refractivity contribution in [3.8, 4) is 6.07 Å². The van der Waals surface area contributed by atoms with Crippen molar-refractivity contribution in [1.82, 2.24) is 4.98 Å². The topological polar surface area (TPSA) is 74.0 Å². The second-order valence-electron chi connectivity index (χ2n) is 2.31. The van der Waals surface area contributed by atoms with E-state index in [-0.39, 0.29) is 17.1 Å². The molecule has 0 spiro atoms. The summed E-state index contributed by atoms with van der Waals surface area (Å²) in [6.07, 6.45) is 0.0564. The fourth-order valence-corrected chi connectivity index (χ4v) is 1.07. The summed E-state index contributed by atoms with van der Waals surface area (Å²) in [5, 5.41) is 17.1. The number of nitriles is 1. The molecule has 13 heavy (non-hydrogen) atoms. The third-order valence-electron chi connectivity index (χ3n) is 1.35. The predicted octanol–water partition coefficient (Wildman–Crippen LogP) is 1.50. The Bertz CT molecular complexity index is 384. The third kappa shape index (κ3) is 2.42. The van der Waals surface area contributed by atoms with Gasteiger partial charge in [-0.2, -0.15) is 5.26 Å². The van der Waals surface area contributed by atoms with Crippen molar-refractivity contribution in [2.45, 2.75) is 6.42 Å². The molecular weight excluding hydrogens is 192 g/mol. The van der Waals surface area contributed by atoms with E-state index < -0.39 is 5.97 Å². The number of hydrogen-bond acceptors (Lipinski definition) is 3. The first kappa shape index (κ1) is 9.49. The first-order chi connectivity index (χ1) is 6.13. The van der Waals surface area contributed by atoms with Crippen molar-refractivity contribution >= 4 is 17.6 Å². The number of rotatable bonds is 2. The lowest BCUT2D eigenvalue weighted by molar-refractivity contribution is 0.0696. The van der Waals surface area contributed by atoms with Gasteiger partial charge in [-0.3, -0.25) is 0 Å². The van der Waals surface area contributed by atoms with Gasteiger partial charge in [0.1, 0.15) is 5.15 Å². The molecule has 1 heterocycles. The largest absolute Gasteiger partial charge is 0.478 e. The molecule has 0 fully saturated rings. The maximum absolute atomic E-state index is 10.5. The average Bonchev–Trinajstić information content (AvgIpc) is 2.03. The number of pyridine rings is 1. The van der Waals surface area contributed by atoms with Gasteiger partial charge in [0.2, 0.25) is 0 Å². The SMILES string of the molecule is N#CCc1cc(C(=O)O)cc(Cl)n1. The van der Waals surface area contributed by atoms with Crippen molar-refractivity contribution in [2.75, 3.05) is 0 Å². The molecule has 0 aliphatic heterocycles. The standard InChI is InChI=1S/C8H5ClN2O2/c9-7-4-5(8(12)13)3-6(11-7)1-2-10/h3-4H,1H2,(H,12,13).